The molecule has 0 aromatic heterocycles. The van der Waals surface area contributed by atoms with Gasteiger partial charge in [0.1, 0.15) is 11.4 Å². The Kier molecular flexibility index (Phi) is 3.01. The second kappa shape index (κ2) is 4.04. The number of hydrogen-bond donors (Lipinski definition) is 2. The van der Waals surface area contributed by atoms with Crippen molar-refractivity contribution in [2.45, 2.75) is 0 Å². The third-order valence-corrected chi connectivity index (χ3v) is 1.54. The van der Waals surface area contributed by atoms with Crippen molar-refractivity contribution in [1.29, 1.82) is 0 Å². The van der Waals surface area contributed by atoms with E-state index in [4.69, 9.17) is 22.7 Å². The van der Waals surface area contributed by atoms with E-state index in [-0.39, 0.29) is 0 Å². The summed E-state index contributed by atoms with van der Waals surface area (Å²) in [7, 11) is 1.63. The van der Waals surface area contributed by atoms with Gasteiger partial charge in [0.05, 0.1) is 7.11 Å². The number of thiocarbonyl (C=S) groups is 1. The van der Waals surface area contributed by atoms with Crippen molar-refractivity contribution >= 4 is 23.0 Å². The lowest BCUT2D eigenvalue weighted by molar-refractivity contribution is -0.441. The number of nitrogens with two attached hydrogens (primary N) is 2. The molecular formula is C8H11N2OS+. The summed E-state index contributed by atoms with van der Waals surface area (Å²) in [6, 6.07) is 7.53. The van der Waals surface area contributed by atoms with Crippen molar-refractivity contribution < 1.29 is 10.1 Å². The van der Waals surface area contributed by atoms with E-state index in [0.29, 0.717) is 5.11 Å². The van der Waals surface area contributed by atoms with Gasteiger partial charge in [-0.05, 0) is 12.1 Å². The number of quaternary nitrogens is 1. The summed E-state index contributed by atoms with van der Waals surface area (Å²) in [5.41, 5.74) is 6.33. The van der Waals surface area contributed by atoms with Crippen LogP contribution in [-0.4, -0.2) is 12.2 Å². The van der Waals surface area contributed by atoms with Crippen LogP contribution in [0.25, 0.3) is 0 Å². The van der Waals surface area contributed by atoms with Gasteiger partial charge in [-0.1, -0.05) is 0 Å². The monoisotopic (exact) mass is 183 g/mol. The molecule has 0 radical (unpaired) electrons. The normalized spacial score (nSPS) is 9.42. The first-order valence-electron chi connectivity index (χ1n) is 3.50. The van der Waals surface area contributed by atoms with E-state index in [9.17, 15) is 0 Å². The fourth-order valence-corrected chi connectivity index (χ4v) is 1.00. The third-order valence-electron chi connectivity index (χ3n) is 1.42. The van der Waals surface area contributed by atoms with Crippen LogP contribution in [-0.2, 0) is 0 Å². The fraction of sp³-hybridized carbons (Fsp3) is 0.125. The molecule has 0 fully saturated rings. The summed E-state index contributed by atoms with van der Waals surface area (Å²) in [5.74, 6) is 0.829. The largest absolute Gasteiger partial charge is 0.497 e. The molecule has 4 N–H and O–H groups in total. The molecule has 0 saturated heterocycles. The fourth-order valence-electron chi connectivity index (χ4n) is 0.864. The maximum atomic E-state index is 5.34. The minimum atomic E-state index is 0.389. The van der Waals surface area contributed by atoms with Gasteiger partial charge in [-0.15, -0.1) is 0 Å². The van der Waals surface area contributed by atoms with Crippen LogP contribution >= 0.6 is 12.2 Å². The summed E-state index contributed by atoms with van der Waals surface area (Å²) < 4.78 is 5.00. The molecule has 1 aromatic rings. The van der Waals surface area contributed by atoms with Gasteiger partial charge in [-0.3, -0.25) is 5.32 Å². The molecule has 0 spiro atoms. The zero-order valence-corrected chi connectivity index (χ0v) is 7.60. The minimum absolute atomic E-state index is 0.389. The van der Waals surface area contributed by atoms with E-state index in [1.54, 1.807) is 12.4 Å². The van der Waals surface area contributed by atoms with Crippen LogP contribution in [0.4, 0.5) is 5.69 Å². The maximum Gasteiger partial charge on any atom is 0.269 e. The first kappa shape index (κ1) is 8.96. The van der Waals surface area contributed by atoms with Gasteiger partial charge in [0.15, 0.2) is 0 Å². The van der Waals surface area contributed by atoms with Crippen molar-refractivity contribution in [3.05, 3.63) is 24.3 Å². The zero-order chi connectivity index (χ0) is 8.97. The summed E-state index contributed by atoms with van der Waals surface area (Å²) in [4.78, 5) is 0. The second-order valence-corrected chi connectivity index (χ2v) is 2.79. The molecule has 64 valence electrons. The summed E-state index contributed by atoms with van der Waals surface area (Å²) >= 11 is 4.73. The van der Waals surface area contributed by atoms with Crippen molar-refractivity contribution in [2.24, 2.45) is 5.73 Å². The SMILES string of the molecule is COc1ccc([NH2+]C(N)=S)cc1. The molecular weight excluding hydrogens is 172 g/mol. The van der Waals surface area contributed by atoms with Crippen molar-refractivity contribution in [3.8, 4) is 5.75 Å². The number of benzene rings is 1. The molecule has 0 atom stereocenters. The number of rotatable bonds is 2. The average Bonchev–Trinajstić information content (AvgIpc) is 2.05. The van der Waals surface area contributed by atoms with E-state index in [2.05, 4.69) is 0 Å². The molecule has 0 unspecified atom stereocenters. The molecule has 12 heavy (non-hydrogen) atoms. The number of methoxy groups -OCH3 is 1. The van der Waals surface area contributed by atoms with Gasteiger partial charge < -0.3 is 10.5 Å². The predicted molar refractivity (Wildman–Crippen MR) is 51.4 cm³/mol. The predicted octanol–water partition coefficient (Wildman–Crippen LogP) is 0.134. The summed E-state index contributed by atoms with van der Waals surface area (Å²) in [6.07, 6.45) is 0. The van der Waals surface area contributed by atoms with Gasteiger partial charge >= 0.3 is 0 Å². The van der Waals surface area contributed by atoms with Gasteiger partial charge in [0, 0.05) is 24.4 Å². The lowest BCUT2D eigenvalue weighted by Gasteiger charge is -1.99. The highest BCUT2D eigenvalue weighted by atomic mass is 32.1. The molecule has 1 rings (SSSR count). The van der Waals surface area contributed by atoms with E-state index in [0.717, 1.165) is 11.4 Å². The summed E-state index contributed by atoms with van der Waals surface area (Å²) in [6.45, 7) is 0. The Morgan fingerprint density at radius 1 is 1.42 bits per heavy atom. The quantitative estimate of drug-likeness (QED) is 0.506. The maximum absolute atomic E-state index is 5.34. The Morgan fingerprint density at radius 2 is 2.00 bits per heavy atom. The zero-order valence-electron chi connectivity index (χ0n) is 6.78. The first-order valence-corrected chi connectivity index (χ1v) is 3.91. The average molecular weight is 183 g/mol. The topological polar surface area (TPSA) is 51.9 Å². The Hall–Kier alpha value is -1.13. The lowest BCUT2D eigenvalue weighted by atomic mass is 10.3. The smallest absolute Gasteiger partial charge is 0.269 e. The molecule has 3 nitrogen and oxygen atoms in total. The molecule has 0 aliphatic rings. The van der Waals surface area contributed by atoms with Crippen LogP contribution in [0, 0.1) is 0 Å². The molecule has 0 heterocycles. The van der Waals surface area contributed by atoms with Gasteiger partial charge in [-0.2, -0.15) is 0 Å². The Bertz CT molecular complexity index is 271. The Balaban J connectivity index is 2.71. The van der Waals surface area contributed by atoms with Crippen molar-refractivity contribution in [2.75, 3.05) is 7.11 Å². The summed E-state index contributed by atoms with van der Waals surface area (Å²) in [5, 5.41) is 2.12. The highest BCUT2D eigenvalue weighted by Crippen LogP contribution is 2.10. The number of ether oxygens (including phenoxy) is 1. The second-order valence-electron chi connectivity index (χ2n) is 2.32. The van der Waals surface area contributed by atoms with E-state index in [1.807, 2.05) is 24.3 Å². The van der Waals surface area contributed by atoms with Crippen molar-refractivity contribution in [1.82, 2.24) is 0 Å². The van der Waals surface area contributed by atoms with Crippen LogP contribution in [0.5, 0.6) is 5.75 Å². The molecule has 0 amide bonds. The van der Waals surface area contributed by atoms with Crippen LogP contribution in [0.15, 0.2) is 24.3 Å². The van der Waals surface area contributed by atoms with Gasteiger partial charge in [-0.25, -0.2) is 0 Å². The van der Waals surface area contributed by atoms with Crippen LogP contribution < -0.4 is 15.8 Å². The first-order chi connectivity index (χ1) is 5.72. The molecule has 0 saturated carbocycles. The highest BCUT2D eigenvalue weighted by Gasteiger charge is 1.98. The van der Waals surface area contributed by atoms with Crippen LogP contribution in [0.1, 0.15) is 0 Å². The third kappa shape index (κ3) is 2.48. The minimum Gasteiger partial charge on any atom is -0.497 e. The van der Waals surface area contributed by atoms with E-state index in [1.165, 1.54) is 0 Å². The highest BCUT2D eigenvalue weighted by molar-refractivity contribution is 7.79. The molecule has 0 aliphatic heterocycles. The lowest BCUT2D eigenvalue weighted by Crippen LogP contribution is -2.84. The molecule has 4 heteroatoms. The molecule has 0 bridgehead atoms. The van der Waals surface area contributed by atoms with Gasteiger partial charge in [0.2, 0.25) is 0 Å². The van der Waals surface area contributed by atoms with Crippen LogP contribution in [0.2, 0.25) is 0 Å². The van der Waals surface area contributed by atoms with E-state index >= 15 is 0 Å². The van der Waals surface area contributed by atoms with Crippen LogP contribution in [0.3, 0.4) is 0 Å². The Labute approximate surface area is 76.5 Å². The number of hydrogen-bond acceptors (Lipinski definition) is 2. The molecule has 1 aromatic carbocycles. The Morgan fingerprint density at radius 3 is 2.42 bits per heavy atom. The van der Waals surface area contributed by atoms with Crippen molar-refractivity contribution in [3.63, 3.8) is 0 Å². The standard InChI is InChI=1S/C8H10N2OS/c1-11-7-4-2-6(3-5-7)10-8(9)12/h2-5H,1H3,(H3,9,10,12)/p+1. The van der Waals surface area contributed by atoms with Gasteiger partial charge in [0.25, 0.3) is 5.11 Å². The van der Waals surface area contributed by atoms with E-state index < -0.39 is 0 Å². The molecule has 0 aliphatic carbocycles.